The zero-order valence-electron chi connectivity index (χ0n) is 33.6. The van der Waals surface area contributed by atoms with E-state index in [9.17, 15) is 46.2 Å². The molecule has 60 heavy (non-hydrogen) atoms. The summed E-state index contributed by atoms with van der Waals surface area (Å²) < 4.78 is 54.0. The minimum absolute atomic E-state index is 0. The van der Waals surface area contributed by atoms with E-state index in [1.165, 1.54) is 38.1 Å². The van der Waals surface area contributed by atoms with Crippen molar-refractivity contribution >= 4 is 77.6 Å². The van der Waals surface area contributed by atoms with Crippen molar-refractivity contribution < 1.29 is 92.6 Å². The van der Waals surface area contributed by atoms with Crippen molar-refractivity contribution in [2.75, 3.05) is 21.5 Å². The van der Waals surface area contributed by atoms with Crippen LogP contribution in [0.3, 0.4) is 0 Å². The van der Waals surface area contributed by atoms with Gasteiger partial charge >= 0.3 is 29.6 Å². The molecule has 8 N–H and O–H groups in total. The zero-order valence-corrected chi connectivity index (χ0v) is 38.3. The third-order valence-electron chi connectivity index (χ3n) is 7.08. The Kier molecular flexibility index (Phi) is 21.5. The van der Waals surface area contributed by atoms with E-state index in [1.807, 2.05) is 0 Å². The van der Waals surface area contributed by atoms with Crippen LogP contribution in [0, 0.1) is 0 Å². The summed E-state index contributed by atoms with van der Waals surface area (Å²) in [5, 5.41) is 32.5. The van der Waals surface area contributed by atoms with Gasteiger partial charge in [0.25, 0.3) is 11.8 Å². The van der Waals surface area contributed by atoms with E-state index in [1.54, 1.807) is 88.4 Å². The van der Waals surface area contributed by atoms with Gasteiger partial charge in [-0.25, -0.2) is 26.3 Å². The number of phenolic OH excluding ortho intramolecular Hbond substituents is 2. The quantitative estimate of drug-likeness (QED) is 0.0259. The van der Waals surface area contributed by atoms with Crippen LogP contribution >= 0.6 is 0 Å². The average molecular weight is 919 g/mol. The molecule has 0 aliphatic heterocycles. The number of nitrogens with zero attached hydrogens (tertiary/aromatic N) is 2. The minimum atomic E-state index is -3.81. The number of carbonyl (C=O) groups is 4. The van der Waals surface area contributed by atoms with Gasteiger partial charge in [-0.3, -0.25) is 30.0 Å². The van der Waals surface area contributed by atoms with Gasteiger partial charge in [0.2, 0.25) is 20.0 Å². The molecule has 0 aromatic heterocycles. The zero-order chi connectivity index (χ0) is 43.2. The normalized spacial score (nSPS) is 11.5. The summed E-state index contributed by atoms with van der Waals surface area (Å²) >= 11 is 0. The molecular formula is C38H44CoN8NaO10S2+. The number of hydrogen-bond donors (Lipinski definition) is 8. The largest absolute Gasteiger partial charge is 1.00 e. The summed E-state index contributed by atoms with van der Waals surface area (Å²) in [5.41, 5.74) is 4.68. The summed E-state index contributed by atoms with van der Waals surface area (Å²) in [5.74, 6) is -3.33. The number of hydrogen-bond acceptors (Lipinski definition) is 14. The molecule has 22 heteroatoms. The number of benzene rings is 4. The maximum Gasteiger partial charge on any atom is 1.00 e. The fourth-order valence-electron chi connectivity index (χ4n) is 4.53. The molecule has 4 aromatic rings. The Hall–Kier alpha value is -4.97. The number of ketones is 2. The van der Waals surface area contributed by atoms with E-state index >= 15 is 0 Å². The van der Waals surface area contributed by atoms with E-state index < -0.39 is 54.9 Å². The SMILES string of the molecule is CC(=O)/C(=N\Nc1cc(S(=O)(=O)NC(C)C)ccc1O)C(=O)Nc1ccccc1.CC(=O)/C(=N\Nc1cc(S(=O)(=O)NC(C)C)ccc1O)C(=O)Nc1ccccc1.[Co].[Na+]. The van der Waals surface area contributed by atoms with Crippen LogP contribution in [0.1, 0.15) is 41.5 Å². The van der Waals surface area contributed by atoms with E-state index in [0.717, 1.165) is 12.1 Å². The topological polar surface area (TPSA) is 274 Å². The number of para-hydroxylation sites is 2. The van der Waals surface area contributed by atoms with E-state index in [-0.39, 0.29) is 91.1 Å². The first-order chi connectivity index (χ1) is 27.2. The van der Waals surface area contributed by atoms with Crippen molar-refractivity contribution in [3.63, 3.8) is 0 Å². The second-order valence-electron chi connectivity index (χ2n) is 12.8. The first-order valence-corrected chi connectivity index (χ1v) is 20.3. The molecule has 4 aromatic carbocycles. The fourth-order valence-corrected chi connectivity index (χ4v) is 7.09. The molecule has 2 amide bonds. The van der Waals surface area contributed by atoms with Gasteiger partial charge in [0.15, 0.2) is 23.0 Å². The number of amides is 2. The summed E-state index contributed by atoms with van der Waals surface area (Å²) in [6.07, 6.45) is 0. The summed E-state index contributed by atoms with van der Waals surface area (Å²) in [6, 6.07) is 23.4. The first-order valence-electron chi connectivity index (χ1n) is 17.3. The predicted molar refractivity (Wildman–Crippen MR) is 221 cm³/mol. The Morgan fingerprint density at radius 1 is 0.550 bits per heavy atom. The third kappa shape index (κ3) is 16.6. The number of Topliss-reactive ketones (excluding diaryl/α,β-unsaturated/α-hetero) is 2. The maximum atomic E-state index is 12.3. The maximum absolute atomic E-state index is 12.3. The van der Waals surface area contributed by atoms with Crippen molar-refractivity contribution in [2.24, 2.45) is 10.2 Å². The Morgan fingerprint density at radius 2 is 0.867 bits per heavy atom. The molecule has 0 fully saturated rings. The standard InChI is InChI=1S/2C19H22N4O5S.Co.Na/c2*1-12(2)23-29(27,28)15-9-10-17(25)16(11-15)21-22-18(13(3)24)19(26)20-14-7-5-4-6-8-14;;/h2*4-12,21,23,25H,1-3H3,(H,20,26);;/q;;;+1/b2*22-18+;;. The van der Waals surface area contributed by atoms with Crippen LogP contribution in [0.25, 0.3) is 0 Å². The summed E-state index contributed by atoms with van der Waals surface area (Å²) in [4.78, 5) is 48.1. The molecule has 0 bridgehead atoms. The molecule has 0 aliphatic carbocycles. The molecule has 0 saturated heterocycles. The second-order valence-corrected chi connectivity index (χ2v) is 16.2. The van der Waals surface area contributed by atoms with Crippen molar-refractivity contribution in [2.45, 2.75) is 63.4 Å². The third-order valence-corrected chi connectivity index (χ3v) is 10.4. The smallest absolute Gasteiger partial charge is 0.506 e. The van der Waals surface area contributed by atoms with Crippen molar-refractivity contribution in [1.82, 2.24) is 9.44 Å². The molecule has 18 nitrogen and oxygen atoms in total. The van der Waals surface area contributed by atoms with Gasteiger partial charge in [-0.15, -0.1) is 0 Å². The van der Waals surface area contributed by atoms with Gasteiger partial charge in [-0.2, -0.15) is 10.2 Å². The number of sulfonamides is 2. The molecule has 317 valence electrons. The fraction of sp³-hybridized carbons (Fsp3) is 0.211. The van der Waals surface area contributed by atoms with Gasteiger partial charge in [0.1, 0.15) is 11.5 Å². The van der Waals surface area contributed by atoms with Crippen LogP contribution in [0.2, 0.25) is 0 Å². The van der Waals surface area contributed by atoms with Crippen LogP contribution in [0.4, 0.5) is 22.7 Å². The molecular weight excluding hydrogens is 875 g/mol. The van der Waals surface area contributed by atoms with Crippen molar-refractivity contribution in [1.29, 1.82) is 0 Å². The Bertz CT molecular complexity index is 2250. The van der Waals surface area contributed by atoms with E-state index in [4.69, 9.17) is 0 Å². The first kappa shape index (κ1) is 53.0. The van der Waals surface area contributed by atoms with Crippen LogP contribution in [0.5, 0.6) is 11.5 Å². The van der Waals surface area contributed by atoms with Crippen LogP contribution in [0.15, 0.2) is 117 Å². The number of nitrogens with one attached hydrogen (secondary N) is 6. The Labute approximate surface area is 380 Å². The van der Waals surface area contributed by atoms with Gasteiger partial charge in [-0.05, 0) is 88.4 Å². The Balaban J connectivity index is 0.000000581. The number of aromatic hydroxyl groups is 2. The van der Waals surface area contributed by atoms with E-state index in [0.29, 0.717) is 11.4 Å². The molecule has 0 saturated carbocycles. The van der Waals surface area contributed by atoms with Crippen molar-refractivity contribution in [3.05, 3.63) is 97.1 Å². The Morgan fingerprint density at radius 3 is 1.15 bits per heavy atom. The number of anilines is 4. The minimum Gasteiger partial charge on any atom is -0.506 e. The molecule has 0 spiro atoms. The number of rotatable bonds is 16. The molecule has 0 heterocycles. The van der Waals surface area contributed by atoms with Gasteiger partial charge in [-0.1, -0.05) is 36.4 Å². The van der Waals surface area contributed by atoms with Crippen LogP contribution < -0.4 is 60.5 Å². The van der Waals surface area contributed by atoms with Crippen LogP contribution in [-0.4, -0.2) is 73.9 Å². The number of phenols is 2. The van der Waals surface area contributed by atoms with Crippen LogP contribution in [-0.2, 0) is 56.0 Å². The van der Waals surface area contributed by atoms with Gasteiger partial charge in [0, 0.05) is 54.1 Å². The average Bonchev–Trinajstić information content (AvgIpc) is 3.13. The van der Waals surface area contributed by atoms with Gasteiger partial charge in [0.05, 0.1) is 21.2 Å². The predicted octanol–water partition coefficient (Wildman–Crippen LogP) is 1.15. The molecule has 0 unspecified atom stereocenters. The molecule has 1 radical (unpaired) electrons. The second kappa shape index (κ2) is 24.3. The van der Waals surface area contributed by atoms with Gasteiger partial charge < -0.3 is 20.8 Å². The number of hydrazone groups is 2. The molecule has 0 aliphatic rings. The van der Waals surface area contributed by atoms with Crippen molar-refractivity contribution in [3.8, 4) is 11.5 Å². The monoisotopic (exact) mass is 918 g/mol. The molecule has 4 rings (SSSR count). The molecule has 0 atom stereocenters. The van der Waals surface area contributed by atoms with E-state index in [2.05, 4.69) is 41.1 Å². The summed E-state index contributed by atoms with van der Waals surface area (Å²) in [7, 11) is -7.61. The summed E-state index contributed by atoms with van der Waals surface area (Å²) in [6.45, 7) is 9.02. The number of carbonyl (C=O) groups excluding carboxylic acids is 4.